The van der Waals surface area contributed by atoms with Crippen LogP contribution in [0, 0.1) is 31.6 Å². The minimum Gasteiger partial charge on any atom is -0.617 e. The summed E-state index contributed by atoms with van der Waals surface area (Å²) in [4.78, 5) is 27.3. The lowest BCUT2D eigenvalue weighted by Crippen LogP contribution is -2.50. The smallest absolute Gasteiger partial charge is 0.270 e. The number of amides is 2. The van der Waals surface area contributed by atoms with Crippen LogP contribution in [-0.2, 0) is 34.0 Å². The van der Waals surface area contributed by atoms with Gasteiger partial charge >= 0.3 is 0 Å². The Kier molecular flexibility index (Phi) is 10.6. The van der Waals surface area contributed by atoms with E-state index in [0.717, 1.165) is 60.8 Å². The van der Waals surface area contributed by atoms with Crippen molar-refractivity contribution in [3.8, 4) is 11.1 Å². The molecule has 2 atom stereocenters. The number of anilines is 1. The summed E-state index contributed by atoms with van der Waals surface area (Å²) in [5.41, 5.74) is 5.12. The fourth-order valence-corrected chi connectivity index (χ4v) is 7.26. The van der Waals surface area contributed by atoms with Crippen LogP contribution in [0.1, 0.15) is 47.6 Å². The van der Waals surface area contributed by atoms with Crippen LogP contribution in [-0.4, -0.2) is 68.7 Å². The van der Waals surface area contributed by atoms with Crippen LogP contribution < -0.4 is 10.6 Å². The van der Waals surface area contributed by atoms with Gasteiger partial charge in [-0.3, -0.25) is 14.3 Å². The van der Waals surface area contributed by atoms with Crippen LogP contribution in [0.15, 0.2) is 36.5 Å². The predicted octanol–water partition coefficient (Wildman–Crippen LogP) is 5.23. The number of hydrogen-bond donors (Lipinski definition) is 2. The highest BCUT2D eigenvalue weighted by atomic mass is 32.2. The van der Waals surface area contributed by atoms with Crippen molar-refractivity contribution in [2.24, 2.45) is 17.8 Å². The molecule has 5 rings (SSSR count). The molecular formula is C33H48N6O4SSi. The molecule has 1 unspecified atom stereocenters. The third-order valence-electron chi connectivity index (χ3n) is 8.86. The second-order valence-electron chi connectivity index (χ2n) is 13.9. The Bertz CT molecular complexity index is 1460. The third-order valence-corrected chi connectivity index (χ3v) is 11.3. The summed E-state index contributed by atoms with van der Waals surface area (Å²) in [6.07, 6.45) is 7.55. The maximum atomic E-state index is 13.9. The minimum atomic E-state index is -1.15. The monoisotopic (exact) mass is 652 g/mol. The van der Waals surface area contributed by atoms with Crippen LogP contribution in [0.5, 0.6) is 0 Å². The van der Waals surface area contributed by atoms with Gasteiger partial charge in [-0.15, -0.1) is 0 Å². The maximum Gasteiger partial charge on any atom is 0.270 e. The molecule has 0 spiro atoms. The van der Waals surface area contributed by atoms with Crippen molar-refractivity contribution in [1.82, 2.24) is 24.9 Å². The second-order valence-corrected chi connectivity index (χ2v) is 21.1. The van der Waals surface area contributed by atoms with Crippen molar-refractivity contribution in [1.29, 1.82) is 0 Å². The third kappa shape index (κ3) is 8.87. The number of aromatic nitrogens is 4. The van der Waals surface area contributed by atoms with Gasteiger partial charge in [0.05, 0.1) is 18.5 Å². The van der Waals surface area contributed by atoms with E-state index in [9.17, 15) is 14.1 Å². The van der Waals surface area contributed by atoms with Crippen LogP contribution in [0.2, 0.25) is 25.7 Å². The quantitative estimate of drug-likeness (QED) is 0.124. The van der Waals surface area contributed by atoms with Crippen molar-refractivity contribution in [3.63, 3.8) is 0 Å². The van der Waals surface area contributed by atoms with E-state index in [1.54, 1.807) is 23.2 Å². The SMILES string of the molecule is Cc1nn(COCC[Si](C)(C)C)c(C)c1-c1ccc(NC(=O)[C@@H](NC(=O)c2ccnn2CC[S+](C)[O-])C(C2CC2)C2CC2)cc1. The van der Waals surface area contributed by atoms with Gasteiger partial charge in [-0.2, -0.15) is 10.2 Å². The molecule has 3 aromatic rings. The number of hydrogen-bond acceptors (Lipinski definition) is 6. The fraction of sp³-hybridized carbons (Fsp3) is 0.576. The van der Waals surface area contributed by atoms with Crippen molar-refractivity contribution in [3.05, 3.63) is 53.6 Å². The van der Waals surface area contributed by atoms with E-state index in [1.165, 1.54) is 0 Å². The van der Waals surface area contributed by atoms with Crippen molar-refractivity contribution in [2.45, 2.75) is 84.5 Å². The predicted molar refractivity (Wildman–Crippen MR) is 181 cm³/mol. The second kappa shape index (κ2) is 14.2. The van der Waals surface area contributed by atoms with Gasteiger partial charge in [-0.25, -0.2) is 4.68 Å². The molecule has 45 heavy (non-hydrogen) atoms. The molecule has 244 valence electrons. The molecule has 2 amide bonds. The zero-order valence-electron chi connectivity index (χ0n) is 27.5. The number of rotatable bonds is 16. The maximum absolute atomic E-state index is 13.9. The molecule has 2 aromatic heterocycles. The lowest BCUT2D eigenvalue weighted by molar-refractivity contribution is -0.119. The summed E-state index contributed by atoms with van der Waals surface area (Å²) in [5.74, 6) is 0.883. The number of aryl methyl sites for hydroxylation is 2. The molecule has 2 aliphatic carbocycles. The Morgan fingerprint density at radius 3 is 2.33 bits per heavy atom. The van der Waals surface area contributed by atoms with Gasteiger partial charge in [0.1, 0.15) is 24.2 Å². The van der Waals surface area contributed by atoms with Gasteiger partial charge in [-0.1, -0.05) is 42.9 Å². The summed E-state index contributed by atoms with van der Waals surface area (Å²) < 4.78 is 21.1. The number of carbonyl (C=O) groups is 2. The zero-order chi connectivity index (χ0) is 32.3. The first-order chi connectivity index (χ1) is 21.4. The molecule has 2 heterocycles. The molecule has 2 aliphatic rings. The van der Waals surface area contributed by atoms with Gasteiger partial charge in [0, 0.05) is 37.8 Å². The van der Waals surface area contributed by atoms with Gasteiger partial charge in [-0.05, 0) is 87.1 Å². The van der Waals surface area contributed by atoms with Crippen molar-refractivity contribution < 1.29 is 18.9 Å². The zero-order valence-corrected chi connectivity index (χ0v) is 29.3. The van der Waals surface area contributed by atoms with E-state index in [4.69, 9.17) is 9.84 Å². The molecule has 0 bridgehead atoms. The lowest BCUT2D eigenvalue weighted by Gasteiger charge is -2.27. The molecule has 1 aromatic carbocycles. The minimum absolute atomic E-state index is 0.108. The highest BCUT2D eigenvalue weighted by Crippen LogP contribution is 2.51. The highest BCUT2D eigenvalue weighted by molar-refractivity contribution is 7.90. The molecular weight excluding hydrogens is 605 g/mol. The Balaban J connectivity index is 1.27. The Labute approximate surface area is 270 Å². The first-order valence-corrected chi connectivity index (χ1v) is 21.5. The topological polar surface area (TPSA) is 126 Å². The Morgan fingerprint density at radius 2 is 1.73 bits per heavy atom. The van der Waals surface area contributed by atoms with E-state index in [2.05, 4.69) is 42.3 Å². The Morgan fingerprint density at radius 1 is 1.07 bits per heavy atom. The number of nitrogens with one attached hydrogen (secondary N) is 2. The van der Waals surface area contributed by atoms with Crippen molar-refractivity contribution >= 4 is 36.8 Å². The summed E-state index contributed by atoms with van der Waals surface area (Å²) in [5, 5.41) is 15.2. The molecule has 12 heteroatoms. The Hall–Kier alpha value is -2.93. The van der Waals surface area contributed by atoms with Gasteiger partial charge < -0.3 is 19.9 Å². The van der Waals surface area contributed by atoms with Crippen molar-refractivity contribution in [2.75, 3.05) is 23.9 Å². The number of nitrogens with zero attached hydrogens (tertiary/aromatic N) is 4. The van der Waals surface area contributed by atoms with Gasteiger partial charge in [0.25, 0.3) is 5.91 Å². The van der Waals surface area contributed by atoms with E-state index in [0.29, 0.717) is 42.2 Å². The van der Waals surface area contributed by atoms with Crippen LogP contribution in [0.25, 0.3) is 11.1 Å². The molecule has 0 radical (unpaired) electrons. The molecule has 0 saturated heterocycles. The highest BCUT2D eigenvalue weighted by Gasteiger charge is 2.48. The van der Waals surface area contributed by atoms with E-state index >= 15 is 0 Å². The van der Waals surface area contributed by atoms with Crippen LogP contribution in [0.3, 0.4) is 0 Å². The van der Waals surface area contributed by atoms with Gasteiger partial charge in [0.15, 0.2) is 0 Å². The molecule has 2 fully saturated rings. The largest absolute Gasteiger partial charge is 0.617 e. The van der Waals surface area contributed by atoms with E-state index < -0.39 is 25.3 Å². The summed E-state index contributed by atoms with van der Waals surface area (Å²) in [6, 6.07) is 9.96. The normalized spacial score (nSPS) is 16.5. The average Bonchev–Trinajstić information content (AvgIpc) is 3.91. The molecule has 10 nitrogen and oxygen atoms in total. The van der Waals surface area contributed by atoms with Crippen LogP contribution >= 0.6 is 0 Å². The number of ether oxygens (including phenoxy) is 1. The summed E-state index contributed by atoms with van der Waals surface area (Å²) in [7, 11) is -1.15. The number of benzene rings is 1. The number of carbonyl (C=O) groups excluding carboxylic acids is 2. The standard InChI is InChI=1S/C33H48N6O4SSi/c1-22-29(23(2)39(37-22)21-43-18-20-45(4,5)6)24-11-13-27(14-12-24)35-33(41)31(30(25-7-8-25)26-9-10-26)36-32(40)28-15-16-34-38(28)17-19-44(3)42/h11-16,25-26,30-31H,7-10,17-21H2,1-6H3,(H,35,41)(H,36,40)/t31-,44?/m0/s1. The van der Waals surface area contributed by atoms with E-state index in [1.807, 2.05) is 35.9 Å². The molecule has 2 N–H and O–H groups in total. The van der Waals surface area contributed by atoms with E-state index in [-0.39, 0.29) is 17.7 Å². The summed E-state index contributed by atoms with van der Waals surface area (Å²) >= 11 is -1.00. The first-order valence-electron chi connectivity index (χ1n) is 16.1. The molecule has 0 aliphatic heterocycles. The van der Waals surface area contributed by atoms with Gasteiger partial charge in [0.2, 0.25) is 5.91 Å². The van der Waals surface area contributed by atoms with Crippen LogP contribution in [0.4, 0.5) is 5.69 Å². The molecule has 2 saturated carbocycles. The fourth-order valence-electron chi connectivity index (χ4n) is 6.07. The average molecular weight is 653 g/mol. The summed E-state index contributed by atoms with van der Waals surface area (Å²) in [6.45, 7) is 12.6. The first kappa shape index (κ1) is 33.4. The lowest BCUT2D eigenvalue weighted by atomic mass is 9.88.